The van der Waals surface area contributed by atoms with Crippen molar-refractivity contribution in [2.75, 3.05) is 51.0 Å². The van der Waals surface area contributed by atoms with Gasteiger partial charge in [0.25, 0.3) is 5.88 Å². The van der Waals surface area contributed by atoms with E-state index in [4.69, 9.17) is 9.72 Å². The summed E-state index contributed by atoms with van der Waals surface area (Å²) >= 11 is 0. The molecule has 5 rings (SSSR count). The van der Waals surface area contributed by atoms with Gasteiger partial charge in [-0.3, -0.25) is 14.4 Å². The molecule has 0 aromatic carbocycles. The fourth-order valence-electron chi connectivity index (χ4n) is 4.41. The molecular weight excluding hydrogens is 474 g/mol. The minimum Gasteiger partial charge on any atom is -0.478 e. The van der Waals surface area contributed by atoms with E-state index in [0.29, 0.717) is 40.1 Å². The van der Waals surface area contributed by atoms with Gasteiger partial charge in [0.2, 0.25) is 11.9 Å². The maximum atomic E-state index is 13.1. The highest BCUT2D eigenvalue weighted by atomic mass is 16.5. The lowest BCUT2D eigenvalue weighted by molar-refractivity contribution is -0.121. The Kier molecular flexibility index (Phi) is 6.72. The number of H-pyrrole nitrogens is 1. The third-order valence-corrected chi connectivity index (χ3v) is 6.63. The monoisotopic (exact) mass is 505 g/mol. The molecule has 0 unspecified atom stereocenters. The van der Waals surface area contributed by atoms with E-state index in [1.54, 1.807) is 24.2 Å². The topological polar surface area (TPSA) is 142 Å². The fraction of sp³-hybridized carbons (Fsp3) is 0.417. The van der Waals surface area contributed by atoms with E-state index >= 15 is 0 Å². The van der Waals surface area contributed by atoms with Gasteiger partial charge in [-0.15, -0.1) is 5.10 Å². The lowest BCUT2D eigenvalue weighted by atomic mass is 10.1. The second-order valence-electron chi connectivity index (χ2n) is 9.23. The van der Waals surface area contributed by atoms with Gasteiger partial charge in [-0.25, -0.2) is 19.9 Å². The van der Waals surface area contributed by atoms with Gasteiger partial charge in [-0.05, 0) is 26.5 Å². The molecule has 3 N–H and O–H groups in total. The molecule has 5 heterocycles. The Bertz CT molecular complexity index is 1420. The van der Waals surface area contributed by atoms with Crippen molar-refractivity contribution >= 4 is 34.4 Å². The molecule has 1 aliphatic heterocycles. The second kappa shape index (κ2) is 10.1. The van der Waals surface area contributed by atoms with Crippen LogP contribution in [0.1, 0.15) is 12.5 Å². The van der Waals surface area contributed by atoms with Gasteiger partial charge in [-0.1, -0.05) is 0 Å². The van der Waals surface area contributed by atoms with Crippen molar-refractivity contribution in [1.29, 1.82) is 0 Å². The Balaban J connectivity index is 1.40. The van der Waals surface area contributed by atoms with Crippen LogP contribution in [0.25, 0.3) is 22.3 Å². The van der Waals surface area contributed by atoms with E-state index < -0.39 is 0 Å². The highest BCUT2D eigenvalue weighted by Crippen LogP contribution is 2.32. The molecule has 4 aromatic rings. The number of anilines is 3. The SMILES string of the molecule is COc1nn(C)cc1Nc1ncc(C)c(-c2c[nH]c3c(NC(=O)[C@H](C)N4CCN(C)CC4)ncnc23)n1. The minimum absolute atomic E-state index is 0.101. The third-order valence-electron chi connectivity index (χ3n) is 6.63. The molecule has 0 bridgehead atoms. The van der Waals surface area contributed by atoms with Crippen LogP contribution in [0.5, 0.6) is 5.88 Å². The summed E-state index contributed by atoms with van der Waals surface area (Å²) in [5.74, 6) is 1.17. The summed E-state index contributed by atoms with van der Waals surface area (Å²) in [7, 11) is 5.46. The van der Waals surface area contributed by atoms with E-state index in [0.717, 1.165) is 37.3 Å². The van der Waals surface area contributed by atoms with Crippen LogP contribution in [0.15, 0.2) is 24.9 Å². The predicted octanol–water partition coefficient (Wildman–Crippen LogP) is 1.78. The van der Waals surface area contributed by atoms with E-state index in [2.05, 4.69) is 52.5 Å². The first kappa shape index (κ1) is 24.6. The maximum absolute atomic E-state index is 13.1. The van der Waals surface area contributed by atoms with Crippen molar-refractivity contribution < 1.29 is 9.53 Å². The number of nitrogens with one attached hydrogen (secondary N) is 3. The molecule has 0 radical (unpaired) electrons. The number of hydrogen-bond acceptors (Lipinski definition) is 10. The van der Waals surface area contributed by atoms with Crippen molar-refractivity contribution in [3.8, 4) is 17.1 Å². The van der Waals surface area contributed by atoms with Crippen molar-refractivity contribution in [2.24, 2.45) is 7.05 Å². The lowest BCUT2D eigenvalue weighted by Gasteiger charge is -2.35. The Morgan fingerprint density at radius 2 is 1.95 bits per heavy atom. The summed E-state index contributed by atoms with van der Waals surface area (Å²) in [6.07, 6.45) is 6.81. The fourth-order valence-corrected chi connectivity index (χ4v) is 4.41. The second-order valence-corrected chi connectivity index (χ2v) is 9.23. The molecule has 1 atom stereocenters. The number of hydrogen-bond donors (Lipinski definition) is 3. The van der Waals surface area contributed by atoms with E-state index in [9.17, 15) is 4.79 Å². The normalized spacial score (nSPS) is 15.6. The van der Waals surface area contributed by atoms with Crippen LogP contribution in [0.3, 0.4) is 0 Å². The van der Waals surface area contributed by atoms with Crippen LogP contribution in [0, 0.1) is 6.92 Å². The number of aromatic nitrogens is 7. The number of methoxy groups -OCH3 is 1. The zero-order valence-electron chi connectivity index (χ0n) is 21.6. The first-order chi connectivity index (χ1) is 17.8. The average Bonchev–Trinajstić information content (AvgIpc) is 3.48. The first-order valence-electron chi connectivity index (χ1n) is 12.1. The molecular formula is C24H31N11O2. The Labute approximate surface area is 214 Å². The molecule has 1 fully saturated rings. The number of nitrogens with zero attached hydrogens (tertiary/aromatic N) is 8. The van der Waals surface area contributed by atoms with Gasteiger partial charge in [0, 0.05) is 51.2 Å². The van der Waals surface area contributed by atoms with Gasteiger partial charge in [-0.2, -0.15) is 0 Å². The molecule has 0 aliphatic carbocycles. The number of piperazine rings is 1. The summed E-state index contributed by atoms with van der Waals surface area (Å²) in [4.78, 5) is 38.7. The summed E-state index contributed by atoms with van der Waals surface area (Å²) < 4.78 is 6.96. The van der Waals surface area contributed by atoms with Crippen molar-refractivity contribution in [2.45, 2.75) is 19.9 Å². The summed E-state index contributed by atoms with van der Waals surface area (Å²) in [5.41, 5.74) is 4.30. The molecule has 1 aliphatic rings. The molecule has 1 saturated heterocycles. The number of aryl methyl sites for hydroxylation is 2. The van der Waals surface area contributed by atoms with Gasteiger partial charge in [0.1, 0.15) is 23.0 Å². The first-order valence-corrected chi connectivity index (χ1v) is 12.1. The van der Waals surface area contributed by atoms with Crippen LogP contribution >= 0.6 is 0 Å². The highest BCUT2D eigenvalue weighted by molar-refractivity contribution is 6.03. The molecule has 4 aromatic heterocycles. The Morgan fingerprint density at radius 1 is 1.16 bits per heavy atom. The highest BCUT2D eigenvalue weighted by Gasteiger charge is 2.26. The molecule has 1 amide bonds. The van der Waals surface area contributed by atoms with Gasteiger partial charge in [0.15, 0.2) is 5.82 Å². The van der Waals surface area contributed by atoms with Crippen LogP contribution < -0.4 is 15.4 Å². The van der Waals surface area contributed by atoms with Crippen LogP contribution in [0.2, 0.25) is 0 Å². The number of ether oxygens (including phenoxy) is 1. The van der Waals surface area contributed by atoms with Crippen molar-refractivity contribution in [3.05, 3.63) is 30.5 Å². The summed E-state index contributed by atoms with van der Waals surface area (Å²) in [6, 6.07) is -0.268. The number of rotatable bonds is 7. The van der Waals surface area contributed by atoms with E-state index in [1.807, 2.05) is 27.1 Å². The largest absolute Gasteiger partial charge is 0.478 e. The maximum Gasteiger partial charge on any atom is 0.256 e. The van der Waals surface area contributed by atoms with Gasteiger partial charge in [0.05, 0.1) is 25.0 Å². The minimum atomic E-state index is -0.268. The zero-order valence-corrected chi connectivity index (χ0v) is 21.6. The zero-order chi connectivity index (χ0) is 26.1. The summed E-state index contributed by atoms with van der Waals surface area (Å²) in [6.45, 7) is 7.45. The number of fused-ring (bicyclic) bond motifs is 1. The van der Waals surface area contributed by atoms with Gasteiger partial charge >= 0.3 is 0 Å². The number of carbonyl (C=O) groups is 1. The average molecular weight is 506 g/mol. The molecule has 37 heavy (non-hydrogen) atoms. The van der Waals surface area contributed by atoms with Gasteiger partial charge < -0.3 is 25.3 Å². The number of amides is 1. The Hall–Kier alpha value is -4.10. The predicted molar refractivity (Wildman–Crippen MR) is 140 cm³/mol. The number of carbonyl (C=O) groups excluding carboxylic acids is 1. The number of aromatic amines is 1. The van der Waals surface area contributed by atoms with Crippen molar-refractivity contribution in [3.63, 3.8) is 0 Å². The number of likely N-dealkylation sites (N-methyl/N-ethyl adjacent to an activating group) is 1. The van der Waals surface area contributed by atoms with Crippen LogP contribution in [-0.2, 0) is 11.8 Å². The molecule has 0 saturated carbocycles. The molecule has 13 heteroatoms. The van der Waals surface area contributed by atoms with Crippen LogP contribution in [0.4, 0.5) is 17.5 Å². The molecule has 13 nitrogen and oxygen atoms in total. The summed E-state index contributed by atoms with van der Waals surface area (Å²) in [5, 5.41) is 10.4. The molecule has 0 spiro atoms. The lowest BCUT2D eigenvalue weighted by Crippen LogP contribution is -2.51. The quantitative estimate of drug-likeness (QED) is 0.340. The Morgan fingerprint density at radius 3 is 2.70 bits per heavy atom. The third kappa shape index (κ3) is 4.95. The van der Waals surface area contributed by atoms with E-state index in [1.165, 1.54) is 6.33 Å². The smallest absolute Gasteiger partial charge is 0.256 e. The van der Waals surface area contributed by atoms with Crippen molar-refractivity contribution in [1.82, 2.24) is 44.5 Å². The van der Waals surface area contributed by atoms with Crippen LogP contribution in [-0.4, -0.2) is 96.8 Å². The van der Waals surface area contributed by atoms with E-state index in [-0.39, 0.29) is 11.9 Å². The molecule has 194 valence electrons. The standard InChI is InChI=1S/C24H31N11O2/c1-14-10-26-24(29-17-12-34(4)32-23(17)37-5)30-18(14)16-11-25-20-19(16)27-13-28-21(20)31-22(36)15(2)35-8-6-33(3)7-9-35/h10-13,15,25H,6-9H2,1-5H3,(H,26,29,30)(H,27,28,31,36)/t15-/m0/s1.